The second-order valence-electron chi connectivity index (χ2n) is 4.16. The predicted molar refractivity (Wildman–Crippen MR) is 78.8 cm³/mol. The van der Waals surface area contributed by atoms with Gasteiger partial charge in [0.05, 0.1) is 5.71 Å². The van der Waals surface area contributed by atoms with Gasteiger partial charge in [0.25, 0.3) is 0 Å². The summed E-state index contributed by atoms with van der Waals surface area (Å²) in [4.78, 5) is 0. The maximum Gasteiger partial charge on any atom is 0.184 e. The number of nitrogens with zero attached hydrogens (tertiary/aromatic N) is 1. The molecule has 18 heavy (non-hydrogen) atoms. The Morgan fingerprint density at radius 1 is 1.50 bits per heavy atom. The molecule has 0 aliphatic heterocycles. The van der Waals surface area contributed by atoms with Crippen molar-refractivity contribution in [3.8, 4) is 5.75 Å². The van der Waals surface area contributed by atoms with Gasteiger partial charge < -0.3 is 10.8 Å². The lowest BCUT2D eigenvalue weighted by molar-refractivity contribution is 0.473. The van der Waals surface area contributed by atoms with Crippen LogP contribution in [-0.2, 0) is 0 Å². The van der Waals surface area contributed by atoms with Gasteiger partial charge in [-0.2, -0.15) is 5.10 Å². The van der Waals surface area contributed by atoms with Crippen molar-refractivity contribution in [1.82, 2.24) is 5.43 Å². The molecule has 0 atom stereocenters. The Balaban J connectivity index is 3.04. The summed E-state index contributed by atoms with van der Waals surface area (Å²) in [5, 5.41) is 14.2. The van der Waals surface area contributed by atoms with E-state index in [1.807, 2.05) is 19.1 Å². The van der Waals surface area contributed by atoms with Gasteiger partial charge in [-0.1, -0.05) is 25.0 Å². The first-order valence-electron chi connectivity index (χ1n) is 5.96. The number of unbranched alkanes of at least 4 members (excludes halogenated alkanes) is 1. The summed E-state index contributed by atoms with van der Waals surface area (Å²) < 4.78 is 0. The minimum absolute atomic E-state index is 0.121. The Labute approximate surface area is 113 Å². The van der Waals surface area contributed by atoms with Crippen LogP contribution in [-0.4, -0.2) is 15.9 Å². The Bertz CT molecular complexity index is 458. The SMILES string of the molecule is CCCC/C(=N\NC(N)=S)c1cc(C)ccc1O. The minimum Gasteiger partial charge on any atom is -0.507 e. The van der Waals surface area contributed by atoms with E-state index >= 15 is 0 Å². The number of nitrogens with two attached hydrogens (primary N) is 1. The van der Waals surface area contributed by atoms with Crippen LogP contribution in [0, 0.1) is 6.92 Å². The van der Waals surface area contributed by atoms with Gasteiger partial charge in [-0.3, -0.25) is 5.43 Å². The molecule has 4 N–H and O–H groups in total. The van der Waals surface area contributed by atoms with Gasteiger partial charge in [0.2, 0.25) is 0 Å². The van der Waals surface area contributed by atoms with Crippen molar-refractivity contribution in [3.63, 3.8) is 0 Å². The molecular weight excluding hydrogens is 246 g/mol. The lowest BCUT2D eigenvalue weighted by Crippen LogP contribution is -2.25. The number of phenolic OH excluding ortho intramolecular Hbond substituents is 1. The van der Waals surface area contributed by atoms with Crippen molar-refractivity contribution in [3.05, 3.63) is 29.3 Å². The lowest BCUT2D eigenvalue weighted by Gasteiger charge is -2.09. The number of nitrogens with one attached hydrogen (secondary N) is 1. The molecule has 0 aliphatic rings. The third kappa shape index (κ3) is 4.33. The van der Waals surface area contributed by atoms with E-state index in [4.69, 9.17) is 18.0 Å². The molecule has 0 radical (unpaired) electrons. The summed E-state index contributed by atoms with van der Waals surface area (Å²) in [5.74, 6) is 0.222. The van der Waals surface area contributed by atoms with E-state index in [-0.39, 0.29) is 10.9 Å². The molecule has 0 heterocycles. The third-order valence-electron chi connectivity index (χ3n) is 2.53. The van der Waals surface area contributed by atoms with E-state index < -0.39 is 0 Å². The van der Waals surface area contributed by atoms with Gasteiger partial charge in [0.15, 0.2) is 5.11 Å². The van der Waals surface area contributed by atoms with Gasteiger partial charge >= 0.3 is 0 Å². The first-order valence-corrected chi connectivity index (χ1v) is 6.37. The Kier molecular flexibility index (Phi) is 5.58. The van der Waals surface area contributed by atoms with E-state index in [9.17, 15) is 5.11 Å². The fourth-order valence-corrected chi connectivity index (χ4v) is 1.64. The number of aryl methyl sites for hydroxylation is 1. The molecule has 98 valence electrons. The number of hydrazone groups is 1. The molecular formula is C13H19N3OS. The Hall–Kier alpha value is -1.62. The molecule has 1 aromatic rings. The monoisotopic (exact) mass is 265 g/mol. The van der Waals surface area contributed by atoms with Gasteiger partial charge in [-0.15, -0.1) is 0 Å². The first kappa shape index (κ1) is 14.4. The van der Waals surface area contributed by atoms with Crippen LogP contribution < -0.4 is 11.2 Å². The van der Waals surface area contributed by atoms with Crippen LogP contribution >= 0.6 is 12.2 Å². The topological polar surface area (TPSA) is 70.6 Å². The van der Waals surface area contributed by atoms with Crippen LogP contribution in [0.25, 0.3) is 0 Å². The summed E-state index contributed by atoms with van der Waals surface area (Å²) in [6.45, 7) is 4.08. The number of hydrogen-bond acceptors (Lipinski definition) is 3. The molecule has 0 fully saturated rings. The van der Waals surface area contributed by atoms with E-state index in [1.54, 1.807) is 6.07 Å². The normalized spacial score (nSPS) is 11.3. The maximum absolute atomic E-state index is 9.90. The van der Waals surface area contributed by atoms with Crippen molar-refractivity contribution in [2.45, 2.75) is 33.1 Å². The van der Waals surface area contributed by atoms with Crippen molar-refractivity contribution < 1.29 is 5.11 Å². The van der Waals surface area contributed by atoms with E-state index in [2.05, 4.69) is 17.5 Å². The average Bonchev–Trinajstić information content (AvgIpc) is 2.32. The number of hydrogen-bond donors (Lipinski definition) is 3. The molecule has 4 nitrogen and oxygen atoms in total. The molecule has 5 heteroatoms. The van der Waals surface area contributed by atoms with Gasteiger partial charge in [-0.05, 0) is 44.1 Å². The second-order valence-corrected chi connectivity index (χ2v) is 4.60. The van der Waals surface area contributed by atoms with E-state index in [0.717, 1.165) is 36.1 Å². The van der Waals surface area contributed by atoms with Crippen LogP contribution in [0.5, 0.6) is 5.75 Å². The number of benzene rings is 1. The summed E-state index contributed by atoms with van der Waals surface area (Å²) in [7, 11) is 0. The van der Waals surface area contributed by atoms with Crippen molar-refractivity contribution in [1.29, 1.82) is 0 Å². The molecule has 0 bridgehead atoms. The van der Waals surface area contributed by atoms with Crippen molar-refractivity contribution >= 4 is 23.0 Å². The van der Waals surface area contributed by atoms with Gasteiger partial charge in [0.1, 0.15) is 5.75 Å². The molecule has 0 unspecified atom stereocenters. The molecule has 0 saturated carbocycles. The molecule has 1 aromatic carbocycles. The first-order chi connectivity index (χ1) is 8.54. The summed E-state index contributed by atoms with van der Waals surface area (Å²) in [5.41, 5.74) is 10.5. The highest BCUT2D eigenvalue weighted by Gasteiger charge is 2.09. The van der Waals surface area contributed by atoms with Crippen molar-refractivity contribution in [2.75, 3.05) is 0 Å². The highest BCUT2D eigenvalue weighted by Crippen LogP contribution is 2.21. The van der Waals surface area contributed by atoms with Crippen LogP contribution in [0.15, 0.2) is 23.3 Å². The minimum atomic E-state index is 0.121. The summed E-state index contributed by atoms with van der Waals surface area (Å²) in [6, 6.07) is 5.44. The average molecular weight is 265 g/mol. The van der Waals surface area contributed by atoms with Crippen LogP contribution in [0.2, 0.25) is 0 Å². The molecule has 1 rings (SSSR count). The standard InChI is InChI=1S/C13H19N3OS/c1-3-4-5-11(15-16-13(14)18)10-8-9(2)6-7-12(10)17/h6-8,17H,3-5H2,1-2H3,(H3,14,16,18)/b15-11+. The van der Waals surface area contributed by atoms with E-state index in [1.165, 1.54) is 0 Å². The van der Waals surface area contributed by atoms with Crippen LogP contribution in [0.3, 0.4) is 0 Å². The largest absolute Gasteiger partial charge is 0.507 e. The van der Waals surface area contributed by atoms with Gasteiger partial charge in [0, 0.05) is 5.56 Å². The predicted octanol–water partition coefficient (Wildman–Crippen LogP) is 2.43. The lowest BCUT2D eigenvalue weighted by atomic mass is 10.0. The fourth-order valence-electron chi connectivity index (χ4n) is 1.60. The molecule has 0 aromatic heterocycles. The van der Waals surface area contributed by atoms with Crippen LogP contribution in [0.4, 0.5) is 0 Å². The second kappa shape index (κ2) is 6.96. The Morgan fingerprint density at radius 2 is 2.22 bits per heavy atom. The summed E-state index contributed by atoms with van der Waals surface area (Å²) in [6.07, 6.45) is 2.81. The van der Waals surface area contributed by atoms with Crippen molar-refractivity contribution in [2.24, 2.45) is 10.8 Å². The fraction of sp³-hybridized carbons (Fsp3) is 0.385. The number of thiocarbonyl (C=S) groups is 1. The zero-order chi connectivity index (χ0) is 13.5. The molecule has 0 amide bonds. The maximum atomic E-state index is 9.90. The van der Waals surface area contributed by atoms with Crippen LogP contribution in [0.1, 0.15) is 37.3 Å². The molecule has 0 saturated heterocycles. The molecule has 0 spiro atoms. The summed E-state index contributed by atoms with van der Waals surface area (Å²) >= 11 is 4.73. The zero-order valence-electron chi connectivity index (χ0n) is 10.7. The highest BCUT2D eigenvalue weighted by molar-refractivity contribution is 7.80. The number of aromatic hydroxyl groups is 1. The zero-order valence-corrected chi connectivity index (χ0v) is 11.5. The number of phenols is 1. The molecule has 0 aliphatic carbocycles. The smallest absolute Gasteiger partial charge is 0.184 e. The number of rotatable bonds is 5. The highest BCUT2D eigenvalue weighted by atomic mass is 32.1. The van der Waals surface area contributed by atoms with Gasteiger partial charge in [-0.25, -0.2) is 0 Å². The quantitative estimate of drug-likeness (QED) is 0.434. The van der Waals surface area contributed by atoms with E-state index in [0.29, 0.717) is 0 Å². The third-order valence-corrected chi connectivity index (χ3v) is 2.62. The Morgan fingerprint density at radius 3 is 2.83 bits per heavy atom.